The average molecular weight is 221 g/mol. The molecule has 1 saturated carbocycles. The van der Waals surface area contributed by atoms with E-state index in [1.54, 1.807) is 0 Å². The van der Waals surface area contributed by atoms with Crippen LogP contribution >= 0.6 is 0 Å². The number of nitrogens with zero attached hydrogens (tertiary/aromatic N) is 3. The Bertz CT molecular complexity index is 423. The first kappa shape index (κ1) is 9.81. The highest BCUT2D eigenvalue weighted by Crippen LogP contribution is 2.34. The van der Waals surface area contributed by atoms with Gasteiger partial charge in [-0.1, -0.05) is 5.21 Å². The first-order chi connectivity index (χ1) is 7.75. The van der Waals surface area contributed by atoms with Crippen LogP contribution in [0.25, 0.3) is 0 Å². The molecular formula is C11H15N3O2. The highest BCUT2D eigenvalue weighted by Gasteiger charge is 2.31. The van der Waals surface area contributed by atoms with Crippen LogP contribution in [-0.4, -0.2) is 26.1 Å². The third kappa shape index (κ3) is 1.42. The second kappa shape index (κ2) is 3.57. The topological polar surface area (TPSA) is 68.0 Å². The van der Waals surface area contributed by atoms with Gasteiger partial charge in [0.2, 0.25) is 0 Å². The van der Waals surface area contributed by atoms with Gasteiger partial charge in [0.15, 0.2) is 0 Å². The van der Waals surface area contributed by atoms with Crippen molar-refractivity contribution in [3.63, 3.8) is 0 Å². The fraction of sp³-hybridized carbons (Fsp3) is 0.727. The van der Waals surface area contributed by atoms with Gasteiger partial charge in [-0.3, -0.25) is 4.79 Å². The van der Waals surface area contributed by atoms with Crippen molar-refractivity contribution < 1.29 is 9.90 Å². The highest BCUT2D eigenvalue weighted by atomic mass is 16.4. The maximum absolute atomic E-state index is 11.0. The molecule has 86 valence electrons. The van der Waals surface area contributed by atoms with E-state index in [0.717, 1.165) is 30.7 Å². The molecule has 1 heterocycles. The molecule has 1 aromatic heterocycles. The number of carbonyl (C=O) groups is 1. The highest BCUT2D eigenvalue weighted by molar-refractivity contribution is 5.70. The zero-order valence-electron chi connectivity index (χ0n) is 9.09. The molecule has 0 aromatic carbocycles. The van der Waals surface area contributed by atoms with E-state index >= 15 is 0 Å². The van der Waals surface area contributed by atoms with Gasteiger partial charge in [-0.05, 0) is 32.1 Å². The molecule has 1 aromatic rings. The molecule has 0 saturated heterocycles. The molecule has 3 rings (SSSR count). The van der Waals surface area contributed by atoms with E-state index in [1.165, 1.54) is 6.42 Å². The molecule has 2 aliphatic carbocycles. The van der Waals surface area contributed by atoms with Gasteiger partial charge in [0.1, 0.15) is 0 Å². The standard InChI is InChI=1S/C11H15N3O2/c15-11(16)7-4-5-9-10(6-7)14(13-12-9)8-2-1-3-8/h7-8H,1-6H2,(H,15,16)/t7-/m0/s1. The van der Waals surface area contributed by atoms with Gasteiger partial charge in [-0.25, -0.2) is 4.68 Å². The van der Waals surface area contributed by atoms with Gasteiger partial charge in [-0.2, -0.15) is 0 Å². The lowest BCUT2D eigenvalue weighted by Gasteiger charge is -2.28. The minimum absolute atomic E-state index is 0.246. The molecule has 0 spiro atoms. The predicted molar refractivity (Wildman–Crippen MR) is 56.1 cm³/mol. The maximum atomic E-state index is 11.0. The van der Waals surface area contributed by atoms with E-state index in [2.05, 4.69) is 10.3 Å². The SMILES string of the molecule is O=C(O)[C@H]1CCc2nnn(C3CCC3)c2C1. The van der Waals surface area contributed by atoms with Gasteiger partial charge in [0.05, 0.1) is 23.3 Å². The summed E-state index contributed by atoms with van der Waals surface area (Å²) in [5.74, 6) is -0.933. The lowest BCUT2D eigenvalue weighted by Crippen LogP contribution is -2.27. The number of hydrogen-bond acceptors (Lipinski definition) is 3. The Kier molecular flexibility index (Phi) is 2.19. The number of aliphatic carboxylic acids is 1. The largest absolute Gasteiger partial charge is 0.481 e. The molecule has 0 radical (unpaired) electrons. The molecule has 0 bridgehead atoms. The smallest absolute Gasteiger partial charge is 0.306 e. The fourth-order valence-corrected chi connectivity index (χ4v) is 2.53. The van der Waals surface area contributed by atoms with Gasteiger partial charge < -0.3 is 5.11 Å². The van der Waals surface area contributed by atoms with Gasteiger partial charge in [0.25, 0.3) is 0 Å². The Balaban J connectivity index is 1.88. The molecule has 1 N–H and O–H groups in total. The van der Waals surface area contributed by atoms with Crippen LogP contribution in [0.5, 0.6) is 0 Å². The van der Waals surface area contributed by atoms with E-state index in [9.17, 15) is 4.79 Å². The predicted octanol–water partition coefficient (Wildman–Crippen LogP) is 1.19. The lowest BCUT2D eigenvalue weighted by molar-refractivity contribution is -0.142. The van der Waals surface area contributed by atoms with Crippen molar-refractivity contribution >= 4 is 5.97 Å². The lowest BCUT2D eigenvalue weighted by atomic mass is 9.88. The van der Waals surface area contributed by atoms with E-state index in [1.807, 2.05) is 4.68 Å². The molecule has 0 amide bonds. The number of aryl methyl sites for hydroxylation is 1. The van der Waals surface area contributed by atoms with Crippen LogP contribution in [0, 0.1) is 5.92 Å². The molecule has 16 heavy (non-hydrogen) atoms. The summed E-state index contributed by atoms with van der Waals surface area (Å²) in [6.45, 7) is 0. The zero-order valence-corrected chi connectivity index (χ0v) is 9.09. The van der Waals surface area contributed by atoms with Crippen molar-refractivity contribution in [2.45, 2.75) is 44.6 Å². The summed E-state index contributed by atoms with van der Waals surface area (Å²) in [7, 11) is 0. The van der Waals surface area contributed by atoms with Gasteiger partial charge >= 0.3 is 5.97 Å². The quantitative estimate of drug-likeness (QED) is 0.814. The molecule has 0 aliphatic heterocycles. The van der Waals surface area contributed by atoms with E-state index in [4.69, 9.17) is 5.11 Å². The zero-order chi connectivity index (χ0) is 11.1. The van der Waals surface area contributed by atoms with Crippen molar-refractivity contribution in [2.75, 3.05) is 0 Å². The number of aromatic nitrogens is 3. The van der Waals surface area contributed by atoms with Crippen LogP contribution in [0.2, 0.25) is 0 Å². The van der Waals surface area contributed by atoms with Crippen LogP contribution in [-0.2, 0) is 17.6 Å². The Morgan fingerprint density at radius 2 is 2.19 bits per heavy atom. The fourth-order valence-electron chi connectivity index (χ4n) is 2.53. The average Bonchev–Trinajstić information content (AvgIpc) is 2.59. The van der Waals surface area contributed by atoms with E-state index in [0.29, 0.717) is 18.9 Å². The summed E-state index contributed by atoms with van der Waals surface area (Å²) in [4.78, 5) is 11.0. The van der Waals surface area contributed by atoms with Crippen LogP contribution in [0.15, 0.2) is 0 Å². The summed E-state index contributed by atoms with van der Waals surface area (Å²) in [5, 5.41) is 17.4. The van der Waals surface area contributed by atoms with Crippen molar-refractivity contribution in [1.29, 1.82) is 0 Å². The van der Waals surface area contributed by atoms with E-state index in [-0.39, 0.29) is 5.92 Å². The summed E-state index contributed by atoms with van der Waals surface area (Å²) in [6.07, 6.45) is 5.64. The maximum Gasteiger partial charge on any atom is 0.306 e. The van der Waals surface area contributed by atoms with Crippen molar-refractivity contribution in [3.8, 4) is 0 Å². The second-order valence-corrected chi connectivity index (χ2v) is 4.79. The second-order valence-electron chi connectivity index (χ2n) is 4.79. The molecule has 1 fully saturated rings. The van der Waals surface area contributed by atoms with E-state index < -0.39 is 5.97 Å². The molecule has 5 heteroatoms. The van der Waals surface area contributed by atoms with Crippen molar-refractivity contribution in [2.24, 2.45) is 5.92 Å². The molecule has 1 atom stereocenters. The minimum atomic E-state index is -0.688. The number of hydrogen-bond donors (Lipinski definition) is 1. The van der Waals surface area contributed by atoms with Crippen molar-refractivity contribution in [1.82, 2.24) is 15.0 Å². The van der Waals surface area contributed by atoms with Crippen LogP contribution in [0.3, 0.4) is 0 Å². The molecule has 5 nitrogen and oxygen atoms in total. The minimum Gasteiger partial charge on any atom is -0.481 e. The number of rotatable bonds is 2. The normalized spacial score (nSPS) is 24.9. The number of carboxylic acid groups (broad SMARTS) is 1. The first-order valence-corrected chi connectivity index (χ1v) is 5.91. The Hall–Kier alpha value is -1.39. The molecular weight excluding hydrogens is 206 g/mol. The van der Waals surface area contributed by atoms with Crippen molar-refractivity contribution in [3.05, 3.63) is 11.4 Å². The van der Waals surface area contributed by atoms with Crippen LogP contribution in [0.4, 0.5) is 0 Å². The summed E-state index contributed by atoms with van der Waals surface area (Å²) in [5.41, 5.74) is 2.09. The Morgan fingerprint density at radius 1 is 1.38 bits per heavy atom. The van der Waals surface area contributed by atoms with Gasteiger partial charge in [-0.15, -0.1) is 5.10 Å². The third-order valence-electron chi connectivity index (χ3n) is 3.81. The first-order valence-electron chi connectivity index (χ1n) is 5.91. The summed E-state index contributed by atoms with van der Waals surface area (Å²) >= 11 is 0. The monoisotopic (exact) mass is 221 g/mol. The van der Waals surface area contributed by atoms with Crippen LogP contribution in [0.1, 0.15) is 43.1 Å². The Labute approximate surface area is 93.5 Å². The molecule has 0 unspecified atom stereocenters. The van der Waals surface area contributed by atoms with Gasteiger partial charge in [0, 0.05) is 6.42 Å². The summed E-state index contributed by atoms with van der Waals surface area (Å²) < 4.78 is 1.98. The number of fused-ring (bicyclic) bond motifs is 1. The number of carboxylic acids is 1. The van der Waals surface area contributed by atoms with Crippen LogP contribution < -0.4 is 0 Å². The molecule has 2 aliphatic rings. The third-order valence-corrected chi connectivity index (χ3v) is 3.81. The summed E-state index contributed by atoms with van der Waals surface area (Å²) in [6, 6.07) is 0.476. The Morgan fingerprint density at radius 3 is 2.81 bits per heavy atom.